The van der Waals surface area contributed by atoms with Crippen molar-refractivity contribution in [1.29, 1.82) is 0 Å². The number of sulfonamides is 1. The first kappa shape index (κ1) is 23.1. The van der Waals surface area contributed by atoms with Crippen molar-refractivity contribution in [3.63, 3.8) is 0 Å². The molecule has 6 nitrogen and oxygen atoms in total. The normalized spacial score (nSPS) is 17.0. The summed E-state index contributed by atoms with van der Waals surface area (Å²) < 4.78 is 27.8. The van der Waals surface area contributed by atoms with Crippen LogP contribution in [0.2, 0.25) is 0 Å². The van der Waals surface area contributed by atoms with Gasteiger partial charge in [-0.2, -0.15) is 4.31 Å². The number of nitrogens with one attached hydrogen (secondary N) is 1. The molecule has 172 valence electrons. The molecular weight excluding hydrogens is 434 g/mol. The fourth-order valence-electron chi connectivity index (χ4n) is 4.20. The van der Waals surface area contributed by atoms with Crippen molar-refractivity contribution in [2.75, 3.05) is 19.6 Å². The number of unbranched alkanes of at least 4 members (excludes halogenated alkanes) is 1. The molecule has 1 N–H and O–H groups in total. The number of aromatic nitrogens is 1. The molecule has 2 heterocycles. The predicted molar refractivity (Wildman–Crippen MR) is 131 cm³/mol. The summed E-state index contributed by atoms with van der Waals surface area (Å²) in [6.07, 6.45) is 10.3. The van der Waals surface area contributed by atoms with Crippen molar-refractivity contribution >= 4 is 32.8 Å². The molecule has 3 aromatic rings. The van der Waals surface area contributed by atoms with Gasteiger partial charge >= 0.3 is 0 Å². The number of pyridine rings is 1. The van der Waals surface area contributed by atoms with Crippen molar-refractivity contribution in [3.05, 3.63) is 78.6 Å². The monoisotopic (exact) mass is 463 g/mol. The SMILES string of the molecule is O=C(/C=C/c1cccnc1)NCCCCC1CCN(S(=O)(=O)c2ccc3ccccc3c2)C1. The molecule has 1 fully saturated rings. The number of amides is 1. The molecule has 2 aromatic carbocycles. The van der Waals surface area contributed by atoms with Gasteiger partial charge < -0.3 is 5.32 Å². The number of hydrogen-bond acceptors (Lipinski definition) is 4. The maximum atomic E-state index is 13.1. The molecule has 7 heteroatoms. The minimum Gasteiger partial charge on any atom is -0.353 e. The number of hydrogen-bond donors (Lipinski definition) is 1. The highest BCUT2D eigenvalue weighted by Gasteiger charge is 2.32. The zero-order valence-corrected chi connectivity index (χ0v) is 19.4. The number of carbonyl (C=O) groups excluding carboxylic acids is 1. The van der Waals surface area contributed by atoms with Crippen LogP contribution in [0.25, 0.3) is 16.8 Å². The molecule has 1 atom stereocenters. The van der Waals surface area contributed by atoms with E-state index in [1.165, 1.54) is 6.08 Å². The largest absolute Gasteiger partial charge is 0.353 e. The van der Waals surface area contributed by atoms with Crippen molar-refractivity contribution in [3.8, 4) is 0 Å². The Morgan fingerprint density at radius 3 is 2.76 bits per heavy atom. The number of fused-ring (bicyclic) bond motifs is 1. The third-order valence-electron chi connectivity index (χ3n) is 6.06. The van der Waals surface area contributed by atoms with Crippen molar-refractivity contribution in [2.45, 2.75) is 30.6 Å². The molecule has 4 rings (SSSR count). The standard InChI is InChI=1S/C26H29N3O3S/c30-26(13-10-21-7-5-15-27-19-21)28-16-4-3-6-22-14-17-29(20-22)33(31,32)25-12-11-23-8-1-2-9-24(23)18-25/h1-2,5,7-13,15,18-19,22H,3-4,6,14,16-17,20H2,(H,28,30)/b13-10+. The number of benzene rings is 2. The lowest BCUT2D eigenvalue weighted by Crippen LogP contribution is -2.29. The predicted octanol–water partition coefficient (Wildman–Crippen LogP) is 4.25. The molecule has 1 aliphatic heterocycles. The summed E-state index contributed by atoms with van der Waals surface area (Å²) in [5.41, 5.74) is 0.886. The molecule has 33 heavy (non-hydrogen) atoms. The van der Waals surface area contributed by atoms with Crippen LogP contribution in [0, 0.1) is 5.92 Å². The molecule has 0 radical (unpaired) electrons. The first-order valence-electron chi connectivity index (χ1n) is 11.4. The van der Waals surface area contributed by atoms with Crippen LogP contribution in [0.1, 0.15) is 31.2 Å². The first-order chi connectivity index (χ1) is 16.0. The Morgan fingerprint density at radius 2 is 1.94 bits per heavy atom. The topological polar surface area (TPSA) is 79.4 Å². The van der Waals surface area contributed by atoms with Crippen LogP contribution in [0.3, 0.4) is 0 Å². The van der Waals surface area contributed by atoms with E-state index in [0.717, 1.165) is 42.0 Å². The van der Waals surface area contributed by atoms with E-state index >= 15 is 0 Å². The lowest BCUT2D eigenvalue weighted by molar-refractivity contribution is -0.116. The highest BCUT2D eigenvalue weighted by atomic mass is 32.2. The summed E-state index contributed by atoms with van der Waals surface area (Å²) in [6.45, 7) is 1.74. The van der Waals surface area contributed by atoms with Crippen molar-refractivity contribution < 1.29 is 13.2 Å². The highest BCUT2D eigenvalue weighted by Crippen LogP contribution is 2.28. The first-order valence-corrected chi connectivity index (χ1v) is 12.8. The molecule has 1 aromatic heterocycles. The van der Waals surface area contributed by atoms with E-state index in [-0.39, 0.29) is 5.91 Å². The van der Waals surface area contributed by atoms with E-state index < -0.39 is 10.0 Å². The van der Waals surface area contributed by atoms with Gasteiger partial charge in [0.15, 0.2) is 0 Å². The van der Waals surface area contributed by atoms with Gasteiger partial charge in [-0.05, 0) is 65.8 Å². The second-order valence-corrected chi connectivity index (χ2v) is 10.4. The maximum Gasteiger partial charge on any atom is 0.243 e. The molecule has 0 saturated carbocycles. The van der Waals surface area contributed by atoms with Gasteiger partial charge in [-0.1, -0.05) is 42.8 Å². The second-order valence-electron chi connectivity index (χ2n) is 8.43. The third kappa shape index (κ3) is 6.06. The molecule has 1 amide bonds. The van der Waals surface area contributed by atoms with Crippen LogP contribution in [-0.2, 0) is 14.8 Å². The van der Waals surface area contributed by atoms with Gasteiger partial charge in [-0.25, -0.2) is 8.42 Å². The van der Waals surface area contributed by atoms with E-state index in [1.54, 1.807) is 34.9 Å². The van der Waals surface area contributed by atoms with Crippen LogP contribution >= 0.6 is 0 Å². The van der Waals surface area contributed by atoms with Crippen LogP contribution in [0.15, 0.2) is 78.0 Å². The molecule has 0 bridgehead atoms. The average Bonchev–Trinajstić information content (AvgIpc) is 3.33. The Hall–Kier alpha value is -3.03. The Morgan fingerprint density at radius 1 is 1.09 bits per heavy atom. The summed E-state index contributed by atoms with van der Waals surface area (Å²) in [5.74, 6) is 0.244. The number of nitrogens with zero attached hydrogens (tertiary/aromatic N) is 2. The summed E-state index contributed by atoms with van der Waals surface area (Å²) in [4.78, 5) is 16.3. The summed E-state index contributed by atoms with van der Waals surface area (Å²) in [5, 5.41) is 4.87. The Bertz CT molecular complexity index is 1230. The van der Waals surface area contributed by atoms with Gasteiger partial charge in [0.1, 0.15) is 0 Å². The molecule has 0 aliphatic carbocycles. The second kappa shape index (κ2) is 10.7. The molecule has 1 saturated heterocycles. The fourth-order valence-corrected chi connectivity index (χ4v) is 5.77. The van der Waals surface area contributed by atoms with Crippen molar-refractivity contribution in [2.24, 2.45) is 5.92 Å². The van der Waals surface area contributed by atoms with E-state index in [2.05, 4.69) is 10.3 Å². The average molecular weight is 464 g/mol. The lowest BCUT2D eigenvalue weighted by atomic mass is 10.0. The Kier molecular flexibility index (Phi) is 7.52. The van der Waals surface area contributed by atoms with Gasteiger partial charge in [0.2, 0.25) is 15.9 Å². The lowest BCUT2D eigenvalue weighted by Gasteiger charge is -2.17. The quantitative estimate of drug-likeness (QED) is 0.380. The Balaban J connectivity index is 1.20. The fraction of sp³-hybridized carbons (Fsp3) is 0.308. The summed E-state index contributed by atoms with van der Waals surface area (Å²) in [7, 11) is -3.47. The van der Waals surface area contributed by atoms with Crippen LogP contribution in [0.5, 0.6) is 0 Å². The highest BCUT2D eigenvalue weighted by molar-refractivity contribution is 7.89. The summed E-state index contributed by atoms with van der Waals surface area (Å²) in [6, 6.07) is 16.9. The van der Waals surface area contributed by atoms with Gasteiger partial charge in [-0.3, -0.25) is 9.78 Å². The van der Waals surface area contributed by atoms with Crippen LogP contribution in [-0.4, -0.2) is 43.2 Å². The number of rotatable bonds is 9. The summed E-state index contributed by atoms with van der Waals surface area (Å²) >= 11 is 0. The van der Waals surface area contributed by atoms with Gasteiger partial charge in [-0.15, -0.1) is 0 Å². The zero-order chi connectivity index (χ0) is 23.1. The molecular formula is C26H29N3O3S. The third-order valence-corrected chi connectivity index (χ3v) is 7.92. The van der Waals surface area contributed by atoms with E-state index in [9.17, 15) is 13.2 Å². The minimum atomic E-state index is -3.47. The van der Waals surface area contributed by atoms with Crippen molar-refractivity contribution in [1.82, 2.24) is 14.6 Å². The van der Waals surface area contributed by atoms with E-state index in [1.807, 2.05) is 42.5 Å². The van der Waals surface area contributed by atoms with E-state index in [0.29, 0.717) is 30.4 Å². The van der Waals surface area contributed by atoms with Crippen LogP contribution in [0.4, 0.5) is 0 Å². The maximum absolute atomic E-state index is 13.1. The zero-order valence-electron chi connectivity index (χ0n) is 18.6. The van der Waals surface area contributed by atoms with Gasteiger partial charge in [0.25, 0.3) is 0 Å². The smallest absolute Gasteiger partial charge is 0.243 e. The Labute approximate surface area is 195 Å². The van der Waals surface area contributed by atoms with Gasteiger partial charge in [0.05, 0.1) is 4.90 Å². The van der Waals surface area contributed by atoms with Gasteiger partial charge in [0, 0.05) is 38.1 Å². The minimum absolute atomic E-state index is 0.118. The number of carbonyl (C=O) groups is 1. The molecule has 1 unspecified atom stereocenters. The molecule has 1 aliphatic rings. The molecule has 0 spiro atoms. The van der Waals surface area contributed by atoms with E-state index in [4.69, 9.17) is 0 Å². The van der Waals surface area contributed by atoms with Crippen LogP contribution < -0.4 is 5.32 Å².